The third-order valence-electron chi connectivity index (χ3n) is 17.5. The number of hydrogen-bond donors (Lipinski definition) is 3. The lowest BCUT2D eigenvalue weighted by Gasteiger charge is -2.21. The molecule has 5 atom stereocenters. The Morgan fingerprint density at radius 1 is 0.279 bits per heavy atom. The van der Waals surface area contributed by atoms with Crippen molar-refractivity contribution in [1.29, 1.82) is 0 Å². The first kappa shape index (κ1) is 100.0. The van der Waals surface area contributed by atoms with Crippen molar-refractivity contribution in [2.75, 3.05) is 39.6 Å². The average molecular weight is 1510 g/mol. The van der Waals surface area contributed by atoms with Crippen molar-refractivity contribution < 1.29 is 80.2 Å². The number of phosphoric acid groups is 2. The van der Waals surface area contributed by atoms with E-state index in [1.807, 2.05) is 18.2 Å². The molecular weight excluding hydrogens is 1350 g/mol. The minimum Gasteiger partial charge on any atom is -0.462 e. The molecule has 0 spiro atoms. The second kappa shape index (κ2) is 77.1. The van der Waals surface area contributed by atoms with Crippen LogP contribution in [0.25, 0.3) is 0 Å². The van der Waals surface area contributed by atoms with E-state index in [1.165, 1.54) is 148 Å². The van der Waals surface area contributed by atoms with Gasteiger partial charge in [0.1, 0.15) is 19.3 Å². The Labute approximate surface area is 633 Å². The summed E-state index contributed by atoms with van der Waals surface area (Å²) in [6.45, 7) is 4.71. The number of aliphatic hydroxyl groups is 1. The zero-order valence-electron chi connectivity index (χ0n) is 65.9. The fraction of sp³-hybridized carbons (Fsp3) is 0.765. The number of phosphoric ester groups is 2. The number of ether oxygens (including phenoxy) is 4. The van der Waals surface area contributed by atoms with E-state index in [0.717, 1.165) is 128 Å². The molecule has 19 heteroatoms. The lowest BCUT2D eigenvalue weighted by atomic mass is 10.0. The minimum absolute atomic E-state index is 0.0283. The molecule has 0 saturated carbocycles. The Bertz CT molecular complexity index is 2350. The molecule has 0 amide bonds. The van der Waals surface area contributed by atoms with Gasteiger partial charge >= 0.3 is 39.5 Å². The first-order valence-corrected chi connectivity index (χ1v) is 44.5. The molecule has 2 unspecified atom stereocenters. The van der Waals surface area contributed by atoms with Gasteiger partial charge in [-0.05, 0) is 116 Å². The zero-order chi connectivity index (χ0) is 76.0. The molecular formula is C85H150O17P2. The van der Waals surface area contributed by atoms with Crippen molar-refractivity contribution in [1.82, 2.24) is 0 Å². The van der Waals surface area contributed by atoms with E-state index in [2.05, 4.69) is 107 Å². The summed E-state index contributed by atoms with van der Waals surface area (Å²) in [5.74, 6) is -2.26. The molecule has 0 aliphatic rings. The van der Waals surface area contributed by atoms with Gasteiger partial charge in [0.15, 0.2) is 12.2 Å². The number of carbonyl (C=O) groups excluding carboxylic acids is 4. The minimum atomic E-state index is -5.00. The van der Waals surface area contributed by atoms with Gasteiger partial charge in [0.05, 0.1) is 26.4 Å². The third kappa shape index (κ3) is 76.2. The van der Waals surface area contributed by atoms with E-state index >= 15 is 0 Å². The summed E-state index contributed by atoms with van der Waals surface area (Å²) in [5.41, 5.74) is 0. The van der Waals surface area contributed by atoms with Gasteiger partial charge in [-0.15, -0.1) is 0 Å². The number of aliphatic hydroxyl groups excluding tert-OH is 1. The van der Waals surface area contributed by atoms with Crippen LogP contribution < -0.4 is 0 Å². The molecule has 0 bridgehead atoms. The lowest BCUT2D eigenvalue weighted by molar-refractivity contribution is -0.161. The first-order valence-electron chi connectivity index (χ1n) is 41.5. The van der Waals surface area contributed by atoms with Crippen LogP contribution in [0.15, 0.2) is 97.2 Å². The van der Waals surface area contributed by atoms with E-state index in [-0.39, 0.29) is 25.7 Å². The number of rotatable bonds is 78. The topological polar surface area (TPSA) is 237 Å². The molecule has 104 heavy (non-hydrogen) atoms. The molecule has 0 aromatic carbocycles. The van der Waals surface area contributed by atoms with Crippen molar-refractivity contribution in [3.8, 4) is 0 Å². The summed E-state index contributed by atoms with van der Waals surface area (Å²) in [7, 11) is -9.98. The van der Waals surface area contributed by atoms with E-state index in [1.54, 1.807) is 0 Å². The Kier molecular flexibility index (Phi) is 74.2. The van der Waals surface area contributed by atoms with Crippen molar-refractivity contribution in [2.24, 2.45) is 0 Å². The molecule has 0 saturated heterocycles. The van der Waals surface area contributed by atoms with Gasteiger partial charge in [-0.1, -0.05) is 318 Å². The van der Waals surface area contributed by atoms with E-state index < -0.39 is 97.5 Å². The van der Waals surface area contributed by atoms with Gasteiger partial charge in [0.25, 0.3) is 0 Å². The van der Waals surface area contributed by atoms with Gasteiger partial charge in [-0.3, -0.25) is 37.3 Å². The highest BCUT2D eigenvalue weighted by Crippen LogP contribution is 2.45. The number of unbranched alkanes of at least 4 members (excludes halogenated alkanes) is 36. The molecule has 3 N–H and O–H groups in total. The van der Waals surface area contributed by atoms with Crippen molar-refractivity contribution in [3.63, 3.8) is 0 Å². The zero-order valence-corrected chi connectivity index (χ0v) is 67.7. The van der Waals surface area contributed by atoms with Gasteiger partial charge in [-0.2, -0.15) is 0 Å². The predicted molar refractivity (Wildman–Crippen MR) is 427 cm³/mol. The van der Waals surface area contributed by atoms with Crippen molar-refractivity contribution >= 4 is 39.5 Å². The average Bonchev–Trinajstić information content (AvgIpc) is 0.943. The normalized spacial score (nSPS) is 14.3. The summed E-state index contributed by atoms with van der Waals surface area (Å²) >= 11 is 0. The van der Waals surface area contributed by atoms with Crippen LogP contribution in [-0.2, 0) is 65.4 Å². The highest BCUT2D eigenvalue weighted by Gasteiger charge is 2.30. The molecule has 0 radical (unpaired) electrons. The smallest absolute Gasteiger partial charge is 0.462 e. The lowest BCUT2D eigenvalue weighted by Crippen LogP contribution is -2.30. The highest BCUT2D eigenvalue weighted by atomic mass is 31.2. The number of hydrogen-bond acceptors (Lipinski definition) is 15. The quantitative estimate of drug-likeness (QED) is 0.0169. The van der Waals surface area contributed by atoms with Gasteiger partial charge < -0.3 is 33.8 Å². The van der Waals surface area contributed by atoms with Crippen molar-refractivity contribution in [2.45, 2.75) is 380 Å². The molecule has 602 valence electrons. The fourth-order valence-electron chi connectivity index (χ4n) is 11.2. The summed E-state index contributed by atoms with van der Waals surface area (Å²) < 4.78 is 68.6. The highest BCUT2D eigenvalue weighted by molar-refractivity contribution is 7.47. The molecule has 17 nitrogen and oxygen atoms in total. The SMILES string of the molecule is CC/C=C\C/C=C\C/C=C\C/C=C\C/C=C\C/C=C\CCC(=O)O[C@H](COC(=O)CCCCCCCCCCCCCCCCC)COP(=O)(O)OC[C@H](O)COP(=O)(O)OC[C@@H](COC(=O)CCCCCCCCC/C=C\CCCCCC)OC(=O)CCCCCCC/C=C\CCCCCCCC. The van der Waals surface area contributed by atoms with Crippen molar-refractivity contribution in [3.05, 3.63) is 97.2 Å². The second-order valence-corrected chi connectivity index (χ2v) is 30.6. The molecule has 0 aliphatic heterocycles. The Hall–Kier alpha value is -4.02. The van der Waals surface area contributed by atoms with Crippen LogP contribution in [0.4, 0.5) is 0 Å². The summed E-state index contributed by atoms with van der Waals surface area (Å²) in [6.07, 6.45) is 82.5. The predicted octanol–water partition coefficient (Wildman–Crippen LogP) is 24.3. The van der Waals surface area contributed by atoms with E-state index in [4.69, 9.17) is 37.0 Å². The standard InChI is InChI=1S/C85H150O17P2/c1-5-9-13-17-21-25-29-33-37-38-39-40-44-48-52-56-60-64-68-72-85(90)102-81(76-96-83(88)70-66-62-58-54-50-46-42-35-31-27-23-19-15-11-7-3)78-100-104(93,94)98-74-79(86)73-97-103(91,92)99-77-80(101-84(89)71-67-63-59-55-51-47-43-36-32-28-24-20-16-12-8-4)75-95-82(87)69-65-61-57-53-49-45-41-34-30-26-22-18-14-10-6-2/h9,13,21,25-26,30,33,36-37,39-40,43,48,52,60,64,79-81,86H,5-8,10-12,14-20,22-24,27-29,31-32,34-35,38,41-42,44-47,49-51,53-59,61-63,65-78H2,1-4H3,(H,91,92)(H,93,94)/b13-9-,25-21-,30-26-,37-33-,40-39-,43-36-,52-48-,64-60-/t79-,80-,81-/m1/s1. The van der Waals surface area contributed by atoms with Crippen LogP contribution in [0.2, 0.25) is 0 Å². The van der Waals surface area contributed by atoms with Crippen LogP contribution in [0.5, 0.6) is 0 Å². The van der Waals surface area contributed by atoms with Crippen LogP contribution in [0.1, 0.15) is 362 Å². The number of esters is 4. The summed E-state index contributed by atoms with van der Waals surface area (Å²) in [6, 6.07) is 0. The van der Waals surface area contributed by atoms with E-state index in [9.17, 15) is 43.2 Å². The fourth-order valence-corrected chi connectivity index (χ4v) is 12.8. The Morgan fingerprint density at radius 2 is 0.519 bits per heavy atom. The third-order valence-corrected chi connectivity index (χ3v) is 19.4. The largest absolute Gasteiger partial charge is 0.472 e. The maximum Gasteiger partial charge on any atom is 0.472 e. The van der Waals surface area contributed by atoms with Crippen LogP contribution >= 0.6 is 15.6 Å². The van der Waals surface area contributed by atoms with Gasteiger partial charge in [0, 0.05) is 25.7 Å². The van der Waals surface area contributed by atoms with Gasteiger partial charge in [0.2, 0.25) is 0 Å². The monoisotopic (exact) mass is 1510 g/mol. The second-order valence-electron chi connectivity index (χ2n) is 27.7. The van der Waals surface area contributed by atoms with Crippen LogP contribution in [0, 0.1) is 0 Å². The molecule has 0 rings (SSSR count). The number of allylic oxidation sites excluding steroid dienone is 16. The maximum atomic E-state index is 13.1. The van der Waals surface area contributed by atoms with E-state index in [0.29, 0.717) is 32.1 Å². The molecule has 0 heterocycles. The molecule has 0 aromatic rings. The van der Waals surface area contributed by atoms with Gasteiger partial charge in [-0.25, -0.2) is 9.13 Å². The molecule has 0 aliphatic carbocycles. The summed E-state index contributed by atoms with van der Waals surface area (Å²) in [4.78, 5) is 73.1. The molecule has 0 aromatic heterocycles. The Morgan fingerprint density at radius 3 is 0.837 bits per heavy atom. The Balaban J connectivity index is 5.42. The first-order chi connectivity index (χ1) is 50.7. The maximum absolute atomic E-state index is 13.1. The number of carbonyl (C=O) groups is 4. The summed E-state index contributed by atoms with van der Waals surface area (Å²) in [5, 5.41) is 10.7. The van der Waals surface area contributed by atoms with Crippen LogP contribution in [-0.4, -0.2) is 96.7 Å². The van der Waals surface area contributed by atoms with Crippen LogP contribution in [0.3, 0.4) is 0 Å². The molecule has 0 fully saturated rings.